The van der Waals surface area contributed by atoms with Gasteiger partial charge in [-0.05, 0) is 0 Å². The van der Waals surface area contributed by atoms with Gasteiger partial charge in [-0.2, -0.15) is 0 Å². The molecule has 0 aromatic carbocycles. The predicted molar refractivity (Wildman–Crippen MR) is 51.2 cm³/mol. The molecule has 1 aromatic heterocycles. The van der Waals surface area contributed by atoms with E-state index in [1.807, 2.05) is 0 Å². The van der Waals surface area contributed by atoms with Gasteiger partial charge in [0.15, 0.2) is 10.4 Å². The number of carbonyl (C=O) groups is 2. The third kappa shape index (κ3) is 2.25. The Labute approximate surface area is 84.7 Å². The lowest BCUT2D eigenvalue weighted by Crippen LogP contribution is -2.37. The highest BCUT2D eigenvalue weighted by Crippen LogP contribution is 2.20. The summed E-state index contributed by atoms with van der Waals surface area (Å²) in [5.41, 5.74) is 10.0. The van der Waals surface area contributed by atoms with Crippen LogP contribution in [0.15, 0.2) is 17.6 Å². The SMILES string of the molecule is Cn1ccnc1SC(C(N)=O)C(N)=O. The zero-order valence-electron chi connectivity index (χ0n) is 7.51. The number of imidazole rings is 1. The van der Waals surface area contributed by atoms with E-state index in [4.69, 9.17) is 11.5 Å². The van der Waals surface area contributed by atoms with Gasteiger partial charge in [-0.15, -0.1) is 0 Å². The Morgan fingerprint density at radius 1 is 1.50 bits per heavy atom. The molecule has 6 nitrogen and oxygen atoms in total. The lowest BCUT2D eigenvalue weighted by molar-refractivity contribution is -0.125. The van der Waals surface area contributed by atoms with Crippen molar-refractivity contribution in [2.75, 3.05) is 0 Å². The number of nitrogens with zero attached hydrogens (tertiary/aromatic N) is 2. The van der Waals surface area contributed by atoms with Crippen LogP contribution in [0, 0.1) is 0 Å². The maximum atomic E-state index is 10.8. The third-order valence-corrected chi connectivity index (χ3v) is 2.82. The molecule has 0 spiro atoms. The largest absolute Gasteiger partial charge is 0.368 e. The number of aryl methyl sites for hydroxylation is 1. The molecule has 76 valence electrons. The van der Waals surface area contributed by atoms with Gasteiger partial charge in [0.2, 0.25) is 11.8 Å². The standard InChI is InChI=1S/C7H10N4O2S/c1-11-3-2-10-7(11)14-4(5(8)12)6(9)13/h2-4H,1H3,(H2,8,12)(H2,9,13). The van der Waals surface area contributed by atoms with Crippen molar-refractivity contribution >= 4 is 23.6 Å². The Morgan fingerprint density at radius 3 is 2.43 bits per heavy atom. The first-order valence-corrected chi connectivity index (χ1v) is 4.63. The molecule has 1 rings (SSSR count). The fraction of sp³-hybridized carbons (Fsp3) is 0.286. The van der Waals surface area contributed by atoms with Crippen LogP contribution in [-0.2, 0) is 16.6 Å². The maximum absolute atomic E-state index is 10.8. The van der Waals surface area contributed by atoms with Gasteiger partial charge in [0.05, 0.1) is 0 Å². The molecular formula is C7H10N4O2S. The molecule has 0 unspecified atom stereocenters. The summed E-state index contributed by atoms with van der Waals surface area (Å²) in [5, 5.41) is -0.552. The molecule has 0 fully saturated rings. The number of rotatable bonds is 4. The number of hydrogen-bond donors (Lipinski definition) is 2. The van der Waals surface area contributed by atoms with Gasteiger partial charge in [-0.1, -0.05) is 11.8 Å². The minimum Gasteiger partial charge on any atom is -0.368 e. The van der Waals surface area contributed by atoms with Crippen molar-refractivity contribution in [1.29, 1.82) is 0 Å². The fourth-order valence-corrected chi connectivity index (χ4v) is 1.62. The average molecular weight is 214 g/mol. The summed E-state index contributed by atoms with van der Waals surface area (Å²) < 4.78 is 1.67. The van der Waals surface area contributed by atoms with E-state index >= 15 is 0 Å². The van der Waals surface area contributed by atoms with E-state index in [0.29, 0.717) is 5.16 Å². The van der Waals surface area contributed by atoms with Crippen LogP contribution >= 0.6 is 11.8 Å². The molecular weight excluding hydrogens is 204 g/mol. The molecule has 1 heterocycles. The Hall–Kier alpha value is -1.50. The molecule has 7 heteroatoms. The van der Waals surface area contributed by atoms with Gasteiger partial charge >= 0.3 is 0 Å². The van der Waals surface area contributed by atoms with E-state index in [0.717, 1.165) is 11.8 Å². The van der Waals surface area contributed by atoms with Crippen LogP contribution in [0.4, 0.5) is 0 Å². The molecule has 0 saturated heterocycles. The molecule has 0 aliphatic heterocycles. The summed E-state index contributed by atoms with van der Waals surface area (Å²) in [6.07, 6.45) is 3.25. The maximum Gasteiger partial charge on any atom is 0.240 e. The molecule has 14 heavy (non-hydrogen) atoms. The summed E-state index contributed by atoms with van der Waals surface area (Å²) in [5.74, 6) is -1.52. The molecule has 4 N–H and O–H groups in total. The molecule has 2 amide bonds. The zero-order chi connectivity index (χ0) is 10.7. The van der Waals surface area contributed by atoms with Gasteiger partial charge in [-0.3, -0.25) is 9.59 Å². The summed E-state index contributed by atoms with van der Waals surface area (Å²) in [4.78, 5) is 25.6. The first kappa shape index (κ1) is 10.6. The first-order valence-electron chi connectivity index (χ1n) is 3.75. The van der Waals surface area contributed by atoms with Crippen molar-refractivity contribution in [3.8, 4) is 0 Å². The van der Waals surface area contributed by atoms with Gasteiger partial charge < -0.3 is 16.0 Å². The average Bonchev–Trinajstić information content (AvgIpc) is 2.46. The first-order chi connectivity index (χ1) is 6.52. The van der Waals surface area contributed by atoms with Crippen molar-refractivity contribution in [3.05, 3.63) is 12.4 Å². The topological polar surface area (TPSA) is 104 Å². The Bertz CT molecular complexity index is 348. The van der Waals surface area contributed by atoms with Crippen LogP contribution in [0.2, 0.25) is 0 Å². The third-order valence-electron chi connectivity index (χ3n) is 1.52. The van der Waals surface area contributed by atoms with E-state index in [9.17, 15) is 9.59 Å². The van der Waals surface area contributed by atoms with E-state index < -0.39 is 17.1 Å². The van der Waals surface area contributed by atoms with Gasteiger partial charge in [0, 0.05) is 19.4 Å². The number of carbonyl (C=O) groups excluding carboxylic acids is 2. The van der Waals surface area contributed by atoms with Crippen LogP contribution in [-0.4, -0.2) is 26.6 Å². The number of amides is 2. The summed E-state index contributed by atoms with van der Waals surface area (Å²) in [6, 6.07) is 0. The summed E-state index contributed by atoms with van der Waals surface area (Å²) >= 11 is 0.941. The lowest BCUT2D eigenvalue weighted by Gasteiger charge is -2.07. The Morgan fingerprint density at radius 2 is 2.07 bits per heavy atom. The molecule has 0 radical (unpaired) electrons. The number of hydrogen-bond acceptors (Lipinski definition) is 4. The minimum absolute atomic E-state index is 0.521. The lowest BCUT2D eigenvalue weighted by atomic mass is 10.4. The fourth-order valence-electron chi connectivity index (χ4n) is 0.827. The van der Waals surface area contributed by atoms with Gasteiger partial charge in [-0.25, -0.2) is 4.98 Å². The monoisotopic (exact) mass is 214 g/mol. The quantitative estimate of drug-likeness (QED) is 0.488. The second-order valence-corrected chi connectivity index (χ2v) is 3.70. The van der Waals surface area contributed by atoms with Crippen molar-refractivity contribution < 1.29 is 9.59 Å². The van der Waals surface area contributed by atoms with Crippen LogP contribution in [0.1, 0.15) is 0 Å². The Balaban J connectivity index is 2.80. The highest BCUT2D eigenvalue weighted by molar-refractivity contribution is 8.01. The molecule has 1 aromatic rings. The zero-order valence-corrected chi connectivity index (χ0v) is 8.32. The van der Waals surface area contributed by atoms with E-state index in [-0.39, 0.29) is 0 Å². The summed E-state index contributed by atoms with van der Waals surface area (Å²) in [6.45, 7) is 0. The molecule has 0 bridgehead atoms. The second-order valence-electron chi connectivity index (χ2n) is 2.62. The predicted octanol–water partition coefficient (Wildman–Crippen LogP) is -1.15. The van der Waals surface area contributed by atoms with E-state index in [2.05, 4.69) is 4.98 Å². The van der Waals surface area contributed by atoms with Crippen LogP contribution in [0.5, 0.6) is 0 Å². The minimum atomic E-state index is -1.07. The van der Waals surface area contributed by atoms with Crippen molar-refractivity contribution in [3.63, 3.8) is 0 Å². The van der Waals surface area contributed by atoms with Crippen LogP contribution in [0.3, 0.4) is 0 Å². The highest BCUT2D eigenvalue weighted by Gasteiger charge is 2.24. The van der Waals surface area contributed by atoms with Crippen molar-refractivity contribution in [2.45, 2.75) is 10.4 Å². The van der Waals surface area contributed by atoms with Crippen LogP contribution < -0.4 is 11.5 Å². The van der Waals surface area contributed by atoms with Gasteiger partial charge in [0.1, 0.15) is 0 Å². The van der Waals surface area contributed by atoms with Crippen LogP contribution in [0.25, 0.3) is 0 Å². The highest BCUT2D eigenvalue weighted by atomic mass is 32.2. The van der Waals surface area contributed by atoms with Crippen molar-refractivity contribution in [1.82, 2.24) is 9.55 Å². The number of nitrogens with two attached hydrogens (primary N) is 2. The second kappa shape index (κ2) is 4.14. The normalized spacial score (nSPS) is 10.4. The van der Waals surface area contributed by atoms with Crippen molar-refractivity contribution in [2.24, 2.45) is 18.5 Å². The molecule has 0 aliphatic rings. The smallest absolute Gasteiger partial charge is 0.240 e. The Kier molecular flexibility index (Phi) is 3.13. The molecule has 0 atom stereocenters. The number of aromatic nitrogens is 2. The number of primary amides is 2. The molecule has 0 aliphatic carbocycles. The van der Waals surface area contributed by atoms with Gasteiger partial charge in [0.25, 0.3) is 0 Å². The molecule has 0 saturated carbocycles. The van der Waals surface area contributed by atoms with E-state index in [1.54, 1.807) is 24.0 Å². The summed E-state index contributed by atoms with van der Waals surface area (Å²) in [7, 11) is 1.74. The van der Waals surface area contributed by atoms with E-state index in [1.165, 1.54) is 0 Å². The number of thioether (sulfide) groups is 1.